The van der Waals surface area contributed by atoms with Gasteiger partial charge < -0.3 is 4.74 Å². The first kappa shape index (κ1) is 10.1. The van der Waals surface area contributed by atoms with Crippen molar-refractivity contribution in [1.29, 1.82) is 0 Å². The molecule has 16 heavy (non-hydrogen) atoms. The van der Waals surface area contributed by atoms with Crippen molar-refractivity contribution in [3.8, 4) is 24.0 Å². The lowest BCUT2D eigenvalue weighted by atomic mass is 10.5. The minimum Gasteiger partial charge on any atom is -0.462 e. The number of aromatic nitrogens is 4. The lowest BCUT2D eigenvalue weighted by molar-refractivity contribution is 0.330. The lowest BCUT2D eigenvalue weighted by Gasteiger charge is -2.05. The van der Waals surface area contributed by atoms with Crippen LogP contribution < -0.4 is 4.74 Å². The van der Waals surface area contributed by atoms with Gasteiger partial charge in [-0.3, -0.25) is 0 Å². The smallest absolute Gasteiger partial charge is 0.256 e. The topological polar surface area (TPSA) is 52.8 Å². The van der Waals surface area contributed by atoms with Crippen LogP contribution in [0.2, 0.25) is 0 Å². The molecule has 0 atom stereocenters. The Morgan fingerprint density at radius 2 is 2.38 bits per heavy atom. The van der Waals surface area contributed by atoms with Gasteiger partial charge in [0.15, 0.2) is 12.4 Å². The van der Waals surface area contributed by atoms with E-state index >= 15 is 0 Å². The molecular formula is C10H7FN4O. The van der Waals surface area contributed by atoms with Crippen molar-refractivity contribution in [2.75, 3.05) is 6.61 Å². The maximum absolute atomic E-state index is 13.8. The highest BCUT2D eigenvalue weighted by atomic mass is 19.1. The number of terminal acetylenes is 1. The van der Waals surface area contributed by atoms with Crippen molar-refractivity contribution in [1.82, 2.24) is 19.7 Å². The van der Waals surface area contributed by atoms with E-state index in [2.05, 4.69) is 21.0 Å². The molecule has 0 saturated heterocycles. The molecule has 0 aromatic carbocycles. The van der Waals surface area contributed by atoms with Gasteiger partial charge in [-0.2, -0.15) is 14.5 Å². The van der Waals surface area contributed by atoms with Crippen LogP contribution in [0, 0.1) is 18.2 Å². The molecular weight excluding hydrogens is 211 g/mol. The molecule has 2 heterocycles. The van der Waals surface area contributed by atoms with E-state index in [1.807, 2.05) is 0 Å². The third-order valence-electron chi connectivity index (χ3n) is 1.75. The van der Waals surface area contributed by atoms with Crippen molar-refractivity contribution >= 4 is 0 Å². The Balaban J connectivity index is 2.38. The SMILES string of the molecule is C#CCOc1ncnc(-n2cccn2)c1F. The molecule has 2 aromatic heterocycles. The molecule has 2 aromatic rings. The second kappa shape index (κ2) is 4.40. The van der Waals surface area contributed by atoms with Crippen LogP contribution in [0.5, 0.6) is 5.88 Å². The summed E-state index contributed by atoms with van der Waals surface area (Å²) in [5, 5.41) is 3.86. The molecule has 5 nitrogen and oxygen atoms in total. The molecule has 0 saturated carbocycles. The standard InChI is InChI=1S/C10H7FN4O/c1-2-6-16-10-8(11)9(12-7-13-10)15-5-3-4-14-15/h1,3-5,7H,6H2. The van der Waals surface area contributed by atoms with Gasteiger partial charge in [0, 0.05) is 12.4 Å². The lowest BCUT2D eigenvalue weighted by Crippen LogP contribution is -2.06. The van der Waals surface area contributed by atoms with Crippen molar-refractivity contribution in [2.45, 2.75) is 0 Å². The number of halogens is 1. The summed E-state index contributed by atoms with van der Waals surface area (Å²) < 4.78 is 20.0. The molecule has 6 heteroatoms. The maximum atomic E-state index is 13.8. The first-order chi connectivity index (χ1) is 7.83. The van der Waals surface area contributed by atoms with Crippen LogP contribution in [0.1, 0.15) is 0 Å². The largest absolute Gasteiger partial charge is 0.462 e. The minimum atomic E-state index is -0.693. The highest BCUT2D eigenvalue weighted by Gasteiger charge is 2.13. The molecule has 0 aliphatic heterocycles. The fraction of sp³-hybridized carbons (Fsp3) is 0.100. The summed E-state index contributed by atoms with van der Waals surface area (Å²) in [7, 11) is 0. The Morgan fingerprint density at radius 1 is 1.50 bits per heavy atom. The van der Waals surface area contributed by atoms with Gasteiger partial charge >= 0.3 is 0 Å². The highest BCUT2D eigenvalue weighted by molar-refractivity contribution is 5.28. The molecule has 80 valence electrons. The first-order valence-corrected chi connectivity index (χ1v) is 4.39. The summed E-state index contributed by atoms with van der Waals surface area (Å²) >= 11 is 0. The van der Waals surface area contributed by atoms with Crippen molar-refractivity contribution < 1.29 is 9.13 Å². The molecule has 0 N–H and O–H groups in total. The summed E-state index contributed by atoms with van der Waals surface area (Å²) in [4.78, 5) is 7.41. The van der Waals surface area contributed by atoms with Crippen molar-refractivity contribution in [2.24, 2.45) is 0 Å². The van der Waals surface area contributed by atoms with Gasteiger partial charge in [-0.1, -0.05) is 5.92 Å². The zero-order valence-corrected chi connectivity index (χ0v) is 8.17. The van der Waals surface area contributed by atoms with Gasteiger partial charge in [-0.15, -0.1) is 6.42 Å². The minimum absolute atomic E-state index is 0.0204. The molecule has 0 radical (unpaired) electrons. The Kier molecular flexibility index (Phi) is 2.78. The third kappa shape index (κ3) is 1.83. The van der Waals surface area contributed by atoms with Gasteiger partial charge in [-0.05, 0) is 6.07 Å². The van der Waals surface area contributed by atoms with Gasteiger partial charge in [0.25, 0.3) is 5.88 Å². The van der Waals surface area contributed by atoms with Crippen molar-refractivity contribution in [3.63, 3.8) is 0 Å². The van der Waals surface area contributed by atoms with E-state index in [-0.39, 0.29) is 18.3 Å². The zero-order valence-electron chi connectivity index (χ0n) is 8.17. The quantitative estimate of drug-likeness (QED) is 0.715. The second-order valence-electron chi connectivity index (χ2n) is 2.76. The Hall–Kier alpha value is -2.42. The molecule has 0 bridgehead atoms. The van der Waals surface area contributed by atoms with Crippen molar-refractivity contribution in [3.05, 3.63) is 30.6 Å². The number of hydrogen-bond acceptors (Lipinski definition) is 4. The van der Waals surface area contributed by atoms with E-state index in [9.17, 15) is 4.39 Å². The normalized spacial score (nSPS) is 9.75. The summed E-state index contributed by atoms with van der Waals surface area (Å²) in [6.07, 6.45) is 9.27. The Labute approximate surface area is 90.9 Å². The van der Waals surface area contributed by atoms with Crippen LogP contribution >= 0.6 is 0 Å². The third-order valence-corrected chi connectivity index (χ3v) is 1.75. The van der Waals surface area contributed by atoms with E-state index < -0.39 is 5.82 Å². The van der Waals surface area contributed by atoms with E-state index in [1.54, 1.807) is 12.3 Å². The van der Waals surface area contributed by atoms with Gasteiger partial charge in [-0.25, -0.2) is 9.67 Å². The van der Waals surface area contributed by atoms with E-state index in [0.29, 0.717) is 0 Å². The van der Waals surface area contributed by atoms with Crippen LogP contribution in [0.25, 0.3) is 5.82 Å². The molecule has 0 spiro atoms. The van der Waals surface area contributed by atoms with Gasteiger partial charge in [0.1, 0.15) is 6.33 Å². The maximum Gasteiger partial charge on any atom is 0.256 e. The number of rotatable bonds is 3. The summed E-state index contributed by atoms with van der Waals surface area (Å²) in [5.41, 5.74) is 0. The molecule has 2 rings (SSSR count). The first-order valence-electron chi connectivity index (χ1n) is 4.39. The second-order valence-corrected chi connectivity index (χ2v) is 2.76. The number of ether oxygens (including phenoxy) is 1. The van der Waals surface area contributed by atoms with Gasteiger partial charge in [0.05, 0.1) is 0 Å². The Morgan fingerprint density at radius 3 is 3.06 bits per heavy atom. The average molecular weight is 218 g/mol. The predicted octanol–water partition coefficient (Wildman–Crippen LogP) is 0.813. The van der Waals surface area contributed by atoms with Crippen LogP contribution in [-0.2, 0) is 0 Å². The average Bonchev–Trinajstić information content (AvgIpc) is 2.81. The summed E-state index contributed by atoms with van der Waals surface area (Å²) in [6.45, 7) is -0.0491. The highest BCUT2D eigenvalue weighted by Crippen LogP contribution is 2.17. The van der Waals surface area contributed by atoms with Crippen LogP contribution in [-0.4, -0.2) is 26.4 Å². The molecule has 0 aliphatic carbocycles. The van der Waals surface area contributed by atoms with Crippen LogP contribution in [0.4, 0.5) is 4.39 Å². The molecule has 0 fully saturated rings. The van der Waals surface area contributed by atoms with E-state index in [0.717, 1.165) is 0 Å². The zero-order chi connectivity index (χ0) is 11.4. The van der Waals surface area contributed by atoms with E-state index in [1.165, 1.54) is 17.2 Å². The predicted molar refractivity (Wildman–Crippen MR) is 53.4 cm³/mol. The van der Waals surface area contributed by atoms with Crippen LogP contribution in [0.3, 0.4) is 0 Å². The molecule has 0 unspecified atom stereocenters. The fourth-order valence-electron chi connectivity index (χ4n) is 1.11. The molecule has 0 aliphatic rings. The Bertz CT molecular complexity index is 518. The summed E-state index contributed by atoms with van der Waals surface area (Å²) in [6, 6.07) is 1.66. The number of hydrogen-bond donors (Lipinski definition) is 0. The van der Waals surface area contributed by atoms with Gasteiger partial charge in [0.2, 0.25) is 5.82 Å². The van der Waals surface area contributed by atoms with Crippen LogP contribution in [0.15, 0.2) is 24.8 Å². The van der Waals surface area contributed by atoms with E-state index in [4.69, 9.17) is 11.2 Å². The number of nitrogens with zero attached hydrogens (tertiary/aromatic N) is 4. The fourth-order valence-corrected chi connectivity index (χ4v) is 1.11. The summed E-state index contributed by atoms with van der Waals surface area (Å²) in [5.74, 6) is 1.37. The molecule has 0 amide bonds. The monoisotopic (exact) mass is 218 g/mol.